The molecule has 0 aliphatic carbocycles. The highest BCUT2D eigenvalue weighted by molar-refractivity contribution is 5.88. The first kappa shape index (κ1) is 13.9. The maximum Gasteiger partial charge on any atom is 0.221 e. The molecular weight excluding hydrogens is 219 g/mol. The van der Waals surface area contributed by atoms with Crippen LogP contribution in [0, 0.1) is 5.82 Å². The maximum atomic E-state index is 13.3. The van der Waals surface area contributed by atoms with Crippen molar-refractivity contribution in [3.63, 3.8) is 0 Å². The number of hydrogen-bond donors (Lipinski definition) is 2. The van der Waals surface area contributed by atoms with Crippen LogP contribution in [-0.2, 0) is 4.79 Å². The summed E-state index contributed by atoms with van der Waals surface area (Å²) in [6, 6.07) is 4.32. The van der Waals surface area contributed by atoms with Crippen molar-refractivity contribution in [1.29, 1.82) is 0 Å². The van der Waals surface area contributed by atoms with Gasteiger partial charge < -0.3 is 11.1 Å². The fourth-order valence-electron chi connectivity index (χ4n) is 1.11. The third-order valence-electron chi connectivity index (χ3n) is 1.83. The molecular formula is C10H14ClFN2O. The van der Waals surface area contributed by atoms with Gasteiger partial charge in [0.2, 0.25) is 5.91 Å². The second-order valence-electron chi connectivity index (χ2n) is 3.21. The van der Waals surface area contributed by atoms with Gasteiger partial charge in [-0.15, -0.1) is 12.4 Å². The zero-order valence-electron chi connectivity index (χ0n) is 8.58. The molecule has 1 aromatic rings. The van der Waals surface area contributed by atoms with E-state index in [1.54, 1.807) is 13.0 Å². The average molecular weight is 233 g/mol. The summed E-state index contributed by atoms with van der Waals surface area (Å²) in [7, 11) is 0. The van der Waals surface area contributed by atoms with Crippen LogP contribution < -0.4 is 11.1 Å². The van der Waals surface area contributed by atoms with Gasteiger partial charge in [0, 0.05) is 13.0 Å². The van der Waals surface area contributed by atoms with Crippen molar-refractivity contribution in [2.45, 2.75) is 19.9 Å². The molecule has 1 rings (SSSR count). The van der Waals surface area contributed by atoms with E-state index in [1.807, 2.05) is 0 Å². The minimum atomic E-state index is -0.463. The van der Waals surface area contributed by atoms with Crippen LogP contribution in [0.1, 0.15) is 25.5 Å². The molecule has 1 amide bonds. The van der Waals surface area contributed by atoms with Gasteiger partial charge in [-0.2, -0.15) is 0 Å². The molecule has 0 aromatic heterocycles. The lowest BCUT2D eigenvalue weighted by Gasteiger charge is -2.08. The SMILES string of the molecule is CC(=O)Nc1ccc([C@H](C)N)cc1F.Cl. The fraction of sp³-hybridized carbons (Fsp3) is 0.300. The summed E-state index contributed by atoms with van der Waals surface area (Å²) in [5.41, 5.74) is 6.47. The second kappa shape index (κ2) is 5.68. The number of benzene rings is 1. The second-order valence-corrected chi connectivity index (χ2v) is 3.21. The Kier molecular flexibility index (Phi) is 5.25. The van der Waals surface area contributed by atoms with Crippen molar-refractivity contribution in [3.8, 4) is 0 Å². The number of carbonyl (C=O) groups is 1. The molecule has 0 bridgehead atoms. The third-order valence-corrected chi connectivity index (χ3v) is 1.83. The van der Waals surface area contributed by atoms with Crippen molar-refractivity contribution >= 4 is 24.0 Å². The van der Waals surface area contributed by atoms with E-state index in [-0.39, 0.29) is 30.0 Å². The summed E-state index contributed by atoms with van der Waals surface area (Å²) >= 11 is 0. The lowest BCUT2D eigenvalue weighted by Crippen LogP contribution is -2.09. The fourth-order valence-corrected chi connectivity index (χ4v) is 1.11. The van der Waals surface area contributed by atoms with Crippen LogP contribution in [0.3, 0.4) is 0 Å². The Morgan fingerprint density at radius 3 is 2.53 bits per heavy atom. The predicted octanol–water partition coefficient (Wildman–Crippen LogP) is 2.23. The molecule has 1 atom stereocenters. The molecule has 0 saturated heterocycles. The van der Waals surface area contributed by atoms with E-state index in [1.165, 1.54) is 19.1 Å². The molecule has 15 heavy (non-hydrogen) atoms. The first-order valence-corrected chi connectivity index (χ1v) is 4.33. The number of rotatable bonds is 2. The molecule has 0 unspecified atom stereocenters. The van der Waals surface area contributed by atoms with Gasteiger partial charge in [-0.3, -0.25) is 4.79 Å². The van der Waals surface area contributed by atoms with Crippen LogP contribution in [0.15, 0.2) is 18.2 Å². The van der Waals surface area contributed by atoms with Crippen molar-refractivity contribution in [3.05, 3.63) is 29.6 Å². The number of nitrogens with two attached hydrogens (primary N) is 1. The molecule has 0 aliphatic heterocycles. The van der Waals surface area contributed by atoms with Crippen LogP contribution in [0.2, 0.25) is 0 Å². The molecule has 0 heterocycles. The Hall–Kier alpha value is -1.13. The quantitative estimate of drug-likeness (QED) is 0.822. The van der Waals surface area contributed by atoms with Gasteiger partial charge in [-0.25, -0.2) is 4.39 Å². The van der Waals surface area contributed by atoms with Crippen LogP contribution in [-0.4, -0.2) is 5.91 Å². The molecule has 0 spiro atoms. The first-order chi connectivity index (χ1) is 6.50. The number of hydrogen-bond acceptors (Lipinski definition) is 2. The molecule has 0 aliphatic rings. The van der Waals surface area contributed by atoms with Crippen LogP contribution in [0.4, 0.5) is 10.1 Å². The van der Waals surface area contributed by atoms with E-state index in [9.17, 15) is 9.18 Å². The van der Waals surface area contributed by atoms with E-state index in [0.29, 0.717) is 5.56 Å². The molecule has 0 radical (unpaired) electrons. The summed E-state index contributed by atoms with van der Waals surface area (Å²) in [4.78, 5) is 10.7. The van der Waals surface area contributed by atoms with Crippen molar-refractivity contribution in [1.82, 2.24) is 0 Å². The van der Waals surface area contributed by atoms with Gasteiger partial charge >= 0.3 is 0 Å². The largest absolute Gasteiger partial charge is 0.324 e. The molecule has 84 valence electrons. The molecule has 3 nitrogen and oxygen atoms in total. The Balaban J connectivity index is 0.00000196. The summed E-state index contributed by atoms with van der Waals surface area (Å²) in [5, 5.41) is 2.38. The zero-order valence-corrected chi connectivity index (χ0v) is 9.40. The highest BCUT2D eigenvalue weighted by Crippen LogP contribution is 2.18. The Labute approximate surface area is 94.3 Å². The van der Waals surface area contributed by atoms with Crippen molar-refractivity contribution in [2.24, 2.45) is 5.73 Å². The van der Waals surface area contributed by atoms with E-state index >= 15 is 0 Å². The van der Waals surface area contributed by atoms with E-state index < -0.39 is 5.82 Å². The van der Waals surface area contributed by atoms with Crippen LogP contribution in [0.5, 0.6) is 0 Å². The average Bonchev–Trinajstić information content (AvgIpc) is 2.07. The van der Waals surface area contributed by atoms with E-state index in [0.717, 1.165) is 0 Å². The standard InChI is InChI=1S/C10H13FN2O.ClH/c1-6(12)8-3-4-10(9(11)5-8)13-7(2)14;/h3-6H,12H2,1-2H3,(H,13,14);1H/t6-;/m0./s1. The smallest absolute Gasteiger partial charge is 0.221 e. The lowest BCUT2D eigenvalue weighted by atomic mass is 10.1. The predicted molar refractivity (Wildman–Crippen MR) is 60.6 cm³/mol. The molecule has 0 saturated carbocycles. The number of anilines is 1. The number of amides is 1. The first-order valence-electron chi connectivity index (χ1n) is 4.33. The molecule has 3 N–H and O–H groups in total. The maximum absolute atomic E-state index is 13.3. The minimum absolute atomic E-state index is 0. The van der Waals surface area contributed by atoms with Crippen molar-refractivity contribution in [2.75, 3.05) is 5.32 Å². The molecule has 1 aromatic carbocycles. The van der Waals surface area contributed by atoms with E-state index in [2.05, 4.69) is 5.32 Å². The van der Waals surface area contributed by atoms with Gasteiger partial charge in [-0.1, -0.05) is 6.07 Å². The summed E-state index contributed by atoms with van der Waals surface area (Å²) in [5.74, 6) is -0.757. The Morgan fingerprint density at radius 1 is 1.53 bits per heavy atom. The molecule has 0 fully saturated rings. The Bertz CT molecular complexity index is 355. The zero-order chi connectivity index (χ0) is 10.7. The van der Waals surface area contributed by atoms with Gasteiger partial charge in [0.1, 0.15) is 5.82 Å². The molecule has 5 heteroatoms. The Morgan fingerprint density at radius 2 is 2.13 bits per heavy atom. The van der Waals surface area contributed by atoms with E-state index in [4.69, 9.17) is 5.73 Å². The summed E-state index contributed by atoms with van der Waals surface area (Å²) in [6.07, 6.45) is 0. The van der Waals surface area contributed by atoms with Gasteiger partial charge in [0.25, 0.3) is 0 Å². The summed E-state index contributed by atoms with van der Waals surface area (Å²) in [6.45, 7) is 3.10. The van der Waals surface area contributed by atoms with Gasteiger partial charge in [-0.05, 0) is 24.6 Å². The number of carbonyl (C=O) groups excluding carboxylic acids is 1. The number of nitrogens with one attached hydrogen (secondary N) is 1. The summed E-state index contributed by atoms with van der Waals surface area (Å²) < 4.78 is 13.3. The lowest BCUT2D eigenvalue weighted by molar-refractivity contribution is -0.114. The third kappa shape index (κ3) is 3.85. The van der Waals surface area contributed by atoms with Gasteiger partial charge in [0.15, 0.2) is 0 Å². The normalized spacial score (nSPS) is 11.5. The van der Waals surface area contributed by atoms with Crippen LogP contribution >= 0.6 is 12.4 Å². The topological polar surface area (TPSA) is 55.1 Å². The monoisotopic (exact) mass is 232 g/mol. The van der Waals surface area contributed by atoms with Gasteiger partial charge in [0.05, 0.1) is 5.69 Å². The highest BCUT2D eigenvalue weighted by atomic mass is 35.5. The minimum Gasteiger partial charge on any atom is -0.324 e. The van der Waals surface area contributed by atoms with Crippen LogP contribution in [0.25, 0.3) is 0 Å². The number of halogens is 2. The highest BCUT2D eigenvalue weighted by Gasteiger charge is 2.06. The van der Waals surface area contributed by atoms with Crippen molar-refractivity contribution < 1.29 is 9.18 Å².